The smallest absolute Gasteiger partial charge is 0.256 e. The van der Waals surface area contributed by atoms with E-state index in [0.717, 1.165) is 42.1 Å². The summed E-state index contributed by atoms with van der Waals surface area (Å²) in [6, 6.07) is 4.58. The van der Waals surface area contributed by atoms with E-state index in [0.29, 0.717) is 5.56 Å². The van der Waals surface area contributed by atoms with Crippen molar-refractivity contribution in [1.29, 1.82) is 0 Å². The van der Waals surface area contributed by atoms with Crippen LogP contribution in [0.2, 0.25) is 0 Å². The molecule has 2 aromatic rings. The largest absolute Gasteiger partial charge is 0.353 e. The van der Waals surface area contributed by atoms with Crippen molar-refractivity contribution in [2.75, 3.05) is 0 Å². The minimum atomic E-state index is -0.00623. The van der Waals surface area contributed by atoms with Crippen molar-refractivity contribution in [3.05, 3.63) is 29.5 Å². The highest BCUT2D eigenvalue weighted by molar-refractivity contribution is 6.06. The first-order chi connectivity index (χ1) is 12.4. The van der Waals surface area contributed by atoms with Gasteiger partial charge in [-0.15, -0.1) is 0 Å². The van der Waals surface area contributed by atoms with Gasteiger partial charge in [0.05, 0.1) is 17.3 Å². The van der Waals surface area contributed by atoms with Crippen molar-refractivity contribution in [3.63, 3.8) is 0 Å². The highest BCUT2D eigenvalue weighted by atomic mass is 16.2. The molecule has 2 N–H and O–H groups in total. The van der Waals surface area contributed by atoms with E-state index in [1.807, 2.05) is 32.9 Å². The van der Waals surface area contributed by atoms with Crippen LogP contribution < -0.4 is 5.32 Å². The number of benzene rings is 1. The van der Waals surface area contributed by atoms with Gasteiger partial charge in [-0.25, -0.2) is 0 Å². The lowest BCUT2D eigenvalue weighted by Gasteiger charge is -2.39. The summed E-state index contributed by atoms with van der Waals surface area (Å²) in [6.07, 6.45) is 5.49. The summed E-state index contributed by atoms with van der Waals surface area (Å²) in [6.45, 7) is 5.83. The van der Waals surface area contributed by atoms with Crippen molar-refractivity contribution in [3.8, 4) is 0 Å². The molecule has 1 aromatic carbocycles. The van der Waals surface area contributed by atoms with Gasteiger partial charge in [-0.3, -0.25) is 14.7 Å². The SMILES string of the molecule is Cc1cc(C(=O)N2C3CCC2CC(NC(=O)C(C)C)C3)c2[nH]ncc2c1. The Morgan fingerprint density at radius 2 is 1.92 bits per heavy atom. The molecule has 2 saturated heterocycles. The quantitative estimate of drug-likeness (QED) is 0.890. The maximum absolute atomic E-state index is 13.4. The van der Waals surface area contributed by atoms with Gasteiger partial charge in [0.2, 0.25) is 5.91 Å². The zero-order valence-electron chi connectivity index (χ0n) is 15.6. The Hall–Kier alpha value is -2.37. The number of fused-ring (bicyclic) bond motifs is 3. The summed E-state index contributed by atoms with van der Waals surface area (Å²) >= 11 is 0. The van der Waals surface area contributed by atoms with Gasteiger partial charge in [-0.1, -0.05) is 13.8 Å². The van der Waals surface area contributed by atoms with Crippen LogP contribution in [0.5, 0.6) is 0 Å². The van der Waals surface area contributed by atoms with Crippen molar-refractivity contribution in [2.24, 2.45) is 5.92 Å². The average Bonchev–Trinajstić information content (AvgIpc) is 3.15. The Balaban J connectivity index is 1.57. The number of piperidine rings is 1. The molecule has 3 heterocycles. The third-order valence-corrected chi connectivity index (χ3v) is 5.76. The summed E-state index contributed by atoms with van der Waals surface area (Å²) in [5, 5.41) is 11.2. The molecule has 2 fully saturated rings. The van der Waals surface area contributed by atoms with Crippen molar-refractivity contribution in [1.82, 2.24) is 20.4 Å². The molecule has 2 atom stereocenters. The standard InChI is InChI=1S/C20H26N4O2/c1-11(2)19(25)22-14-8-15-4-5-16(9-14)24(15)20(26)17-7-12(3)6-13-10-21-23-18(13)17/h6-7,10-11,14-16H,4-5,8-9H2,1-3H3,(H,21,23)(H,22,25). The fourth-order valence-electron chi connectivity index (χ4n) is 4.51. The number of rotatable bonds is 3. The van der Waals surface area contributed by atoms with Crippen molar-refractivity contribution in [2.45, 2.75) is 64.6 Å². The third-order valence-electron chi connectivity index (χ3n) is 5.76. The topological polar surface area (TPSA) is 78.1 Å². The van der Waals surface area contributed by atoms with Crippen LogP contribution in [-0.4, -0.2) is 45.0 Å². The van der Waals surface area contributed by atoms with E-state index in [2.05, 4.69) is 20.4 Å². The molecule has 6 nitrogen and oxygen atoms in total. The number of H-pyrrole nitrogens is 1. The molecule has 2 aliphatic heterocycles. The van der Waals surface area contributed by atoms with Gasteiger partial charge in [0.25, 0.3) is 5.91 Å². The number of nitrogens with zero attached hydrogens (tertiary/aromatic N) is 2. The number of carbonyl (C=O) groups is 2. The van der Waals surface area contributed by atoms with Crippen molar-refractivity contribution < 1.29 is 9.59 Å². The van der Waals surface area contributed by atoms with Gasteiger partial charge < -0.3 is 10.2 Å². The number of aromatic amines is 1. The van der Waals surface area contributed by atoms with Crippen LogP contribution in [0.4, 0.5) is 0 Å². The minimum absolute atomic E-state index is 0.00623. The Morgan fingerprint density at radius 3 is 2.58 bits per heavy atom. The molecule has 0 spiro atoms. The Labute approximate surface area is 153 Å². The zero-order chi connectivity index (χ0) is 18.4. The summed E-state index contributed by atoms with van der Waals surface area (Å²) in [4.78, 5) is 27.4. The van der Waals surface area contributed by atoms with E-state index in [1.165, 1.54) is 0 Å². The average molecular weight is 354 g/mol. The normalized spacial score (nSPS) is 25.1. The van der Waals surface area contributed by atoms with Crippen LogP contribution >= 0.6 is 0 Å². The third kappa shape index (κ3) is 2.87. The maximum Gasteiger partial charge on any atom is 0.256 e. The van der Waals surface area contributed by atoms with E-state index in [1.54, 1.807) is 6.20 Å². The van der Waals surface area contributed by atoms with Gasteiger partial charge >= 0.3 is 0 Å². The van der Waals surface area contributed by atoms with E-state index in [-0.39, 0.29) is 35.9 Å². The number of hydrogen-bond donors (Lipinski definition) is 2. The molecule has 1 aromatic heterocycles. The molecule has 6 heteroatoms. The number of aryl methyl sites for hydroxylation is 1. The van der Waals surface area contributed by atoms with E-state index < -0.39 is 0 Å². The molecule has 4 rings (SSSR count). The van der Waals surface area contributed by atoms with E-state index in [4.69, 9.17) is 0 Å². The van der Waals surface area contributed by atoms with Crippen LogP contribution in [0.15, 0.2) is 18.3 Å². The second kappa shape index (κ2) is 6.41. The summed E-state index contributed by atoms with van der Waals surface area (Å²) in [5.41, 5.74) is 2.59. The number of nitrogens with one attached hydrogen (secondary N) is 2. The zero-order valence-corrected chi connectivity index (χ0v) is 15.6. The molecule has 26 heavy (non-hydrogen) atoms. The van der Waals surface area contributed by atoms with Gasteiger partial charge in [0.1, 0.15) is 0 Å². The van der Waals surface area contributed by atoms with Crippen LogP contribution in [-0.2, 0) is 4.79 Å². The highest BCUT2D eigenvalue weighted by Gasteiger charge is 2.44. The van der Waals surface area contributed by atoms with Gasteiger partial charge in [0, 0.05) is 29.4 Å². The second-order valence-electron chi connectivity index (χ2n) is 8.08. The first-order valence-electron chi connectivity index (χ1n) is 9.50. The first kappa shape index (κ1) is 17.1. The lowest BCUT2D eigenvalue weighted by Crippen LogP contribution is -2.53. The van der Waals surface area contributed by atoms with Gasteiger partial charge in [-0.2, -0.15) is 5.10 Å². The number of carbonyl (C=O) groups excluding carboxylic acids is 2. The second-order valence-corrected chi connectivity index (χ2v) is 8.08. The Kier molecular flexibility index (Phi) is 4.21. The van der Waals surface area contributed by atoms with Crippen LogP contribution in [0.25, 0.3) is 10.9 Å². The van der Waals surface area contributed by atoms with E-state index in [9.17, 15) is 9.59 Å². The predicted octanol–water partition coefficient (Wildman–Crippen LogP) is 2.78. The van der Waals surface area contributed by atoms with Crippen LogP contribution in [0.1, 0.15) is 55.5 Å². The Bertz CT molecular complexity index is 843. The van der Waals surface area contributed by atoms with Gasteiger partial charge in [-0.05, 0) is 50.3 Å². The lowest BCUT2D eigenvalue weighted by atomic mass is 9.95. The van der Waals surface area contributed by atoms with Gasteiger partial charge in [0.15, 0.2) is 0 Å². The minimum Gasteiger partial charge on any atom is -0.353 e. The predicted molar refractivity (Wildman–Crippen MR) is 99.8 cm³/mol. The molecule has 2 amide bonds. The molecule has 138 valence electrons. The molecule has 2 bridgehead atoms. The van der Waals surface area contributed by atoms with E-state index >= 15 is 0 Å². The lowest BCUT2D eigenvalue weighted by molar-refractivity contribution is -0.125. The van der Waals surface area contributed by atoms with Crippen LogP contribution in [0, 0.1) is 12.8 Å². The summed E-state index contributed by atoms with van der Waals surface area (Å²) < 4.78 is 0. The fraction of sp³-hybridized carbons (Fsp3) is 0.550. The number of amides is 2. The summed E-state index contributed by atoms with van der Waals surface area (Å²) in [5.74, 6) is 0.185. The van der Waals surface area contributed by atoms with Crippen LogP contribution in [0.3, 0.4) is 0 Å². The summed E-state index contributed by atoms with van der Waals surface area (Å²) in [7, 11) is 0. The molecule has 0 radical (unpaired) electrons. The number of hydrogen-bond acceptors (Lipinski definition) is 3. The molecule has 0 saturated carbocycles. The molecule has 2 unspecified atom stereocenters. The molecular formula is C20H26N4O2. The first-order valence-corrected chi connectivity index (χ1v) is 9.50. The fourth-order valence-corrected chi connectivity index (χ4v) is 4.51. The molecule has 0 aliphatic carbocycles. The monoisotopic (exact) mass is 354 g/mol. The maximum atomic E-state index is 13.4. The highest BCUT2D eigenvalue weighted by Crippen LogP contribution is 2.37. The number of aromatic nitrogens is 2. The van der Waals surface area contributed by atoms with Crippen molar-refractivity contribution >= 4 is 22.7 Å². The Morgan fingerprint density at radius 1 is 1.23 bits per heavy atom. The molecule has 2 aliphatic rings. The molecular weight excluding hydrogens is 328 g/mol.